The Morgan fingerprint density at radius 3 is 3.04 bits per heavy atom. The number of hydrogen-bond acceptors (Lipinski definition) is 7. The van der Waals surface area contributed by atoms with Crippen molar-refractivity contribution in [2.24, 2.45) is 0 Å². The molecular weight excluding hydrogens is 342 g/mol. The van der Waals surface area contributed by atoms with E-state index in [4.69, 9.17) is 4.42 Å². The molecule has 0 atom stereocenters. The fourth-order valence-corrected chi connectivity index (χ4v) is 3.89. The van der Waals surface area contributed by atoms with Gasteiger partial charge in [0.1, 0.15) is 0 Å². The second-order valence-corrected chi connectivity index (χ2v) is 6.92. The molecule has 6 nitrogen and oxygen atoms in total. The lowest BCUT2D eigenvalue weighted by molar-refractivity contribution is 0.581. The molecule has 0 bridgehead atoms. The molecule has 3 aromatic heterocycles. The molecule has 0 saturated carbocycles. The molecule has 4 aromatic rings. The minimum Gasteiger partial charge on any atom is -0.462 e. The summed E-state index contributed by atoms with van der Waals surface area (Å²) in [5.74, 6) is 1.49. The van der Waals surface area contributed by atoms with Gasteiger partial charge in [-0.3, -0.25) is 0 Å². The lowest BCUT2D eigenvalue weighted by Gasteiger charge is -2.04. The smallest absolute Gasteiger partial charge is 0.214 e. The number of thioether (sulfide) groups is 1. The third kappa shape index (κ3) is 3.10. The molecule has 0 aliphatic heterocycles. The van der Waals surface area contributed by atoms with Crippen LogP contribution in [0.4, 0.5) is 0 Å². The van der Waals surface area contributed by atoms with Crippen molar-refractivity contribution in [2.75, 3.05) is 0 Å². The van der Waals surface area contributed by atoms with Crippen LogP contribution in [0.3, 0.4) is 0 Å². The van der Waals surface area contributed by atoms with Gasteiger partial charge in [0, 0.05) is 11.1 Å². The second-order valence-electron chi connectivity index (χ2n) is 5.12. The van der Waals surface area contributed by atoms with Gasteiger partial charge in [-0.2, -0.15) is 4.68 Å². The van der Waals surface area contributed by atoms with Gasteiger partial charge < -0.3 is 4.42 Å². The highest BCUT2D eigenvalue weighted by atomic mass is 32.2. The summed E-state index contributed by atoms with van der Waals surface area (Å²) >= 11 is 3.13. The Hall–Kier alpha value is -2.45. The average molecular weight is 355 g/mol. The molecule has 4 rings (SSSR count). The van der Waals surface area contributed by atoms with Crippen LogP contribution in [0.15, 0.2) is 57.6 Å². The number of hydrogen-bond donors (Lipinski definition) is 0. The maximum atomic E-state index is 5.38. The van der Waals surface area contributed by atoms with Crippen LogP contribution < -0.4 is 0 Å². The van der Waals surface area contributed by atoms with Crippen molar-refractivity contribution >= 4 is 23.1 Å². The van der Waals surface area contributed by atoms with Crippen molar-refractivity contribution in [1.82, 2.24) is 25.2 Å². The fraction of sp³-hybridized carbons (Fsp3) is 0.125. The number of furan rings is 1. The first-order valence-corrected chi connectivity index (χ1v) is 9.12. The highest BCUT2D eigenvalue weighted by Gasteiger charge is 2.12. The minimum atomic E-state index is 0.698. The Morgan fingerprint density at radius 2 is 2.21 bits per heavy atom. The molecule has 0 radical (unpaired) electrons. The molecular formula is C16H13N5OS2. The van der Waals surface area contributed by atoms with Crippen molar-refractivity contribution in [3.05, 3.63) is 59.3 Å². The zero-order valence-electron chi connectivity index (χ0n) is 12.8. The van der Waals surface area contributed by atoms with Gasteiger partial charge in [0.2, 0.25) is 5.16 Å². The summed E-state index contributed by atoms with van der Waals surface area (Å²) in [5.41, 5.74) is 3.11. The van der Waals surface area contributed by atoms with E-state index in [-0.39, 0.29) is 0 Å². The van der Waals surface area contributed by atoms with E-state index in [0.717, 1.165) is 27.3 Å². The third-order valence-electron chi connectivity index (χ3n) is 3.32. The van der Waals surface area contributed by atoms with Crippen LogP contribution in [0.2, 0.25) is 0 Å². The fourth-order valence-electron chi connectivity index (χ4n) is 2.22. The summed E-state index contributed by atoms with van der Waals surface area (Å²) in [4.78, 5) is 4.59. The van der Waals surface area contributed by atoms with Crippen LogP contribution in [0.5, 0.6) is 0 Å². The molecule has 0 saturated heterocycles. The number of thiazole rings is 1. The quantitative estimate of drug-likeness (QED) is 0.504. The summed E-state index contributed by atoms with van der Waals surface area (Å²) in [6.07, 6.45) is 1.65. The van der Waals surface area contributed by atoms with Gasteiger partial charge in [0.15, 0.2) is 10.8 Å². The second kappa shape index (κ2) is 6.58. The predicted octanol–water partition coefficient (Wildman–Crippen LogP) is 3.98. The van der Waals surface area contributed by atoms with Gasteiger partial charge in [-0.25, -0.2) is 4.98 Å². The van der Waals surface area contributed by atoms with E-state index in [9.17, 15) is 0 Å². The van der Waals surface area contributed by atoms with Gasteiger partial charge in [-0.05, 0) is 47.2 Å². The summed E-state index contributed by atoms with van der Waals surface area (Å²) in [5, 5.41) is 15.7. The summed E-state index contributed by atoms with van der Waals surface area (Å²) < 4.78 is 7.12. The first kappa shape index (κ1) is 15.1. The maximum absolute atomic E-state index is 5.38. The molecule has 0 unspecified atom stereocenters. The Kier molecular flexibility index (Phi) is 4.14. The molecule has 0 spiro atoms. The Morgan fingerprint density at radius 1 is 1.25 bits per heavy atom. The summed E-state index contributed by atoms with van der Waals surface area (Å²) in [6, 6.07) is 11.9. The monoisotopic (exact) mass is 355 g/mol. The third-order valence-corrected chi connectivity index (χ3v) is 5.18. The number of benzene rings is 1. The molecule has 24 heavy (non-hydrogen) atoms. The SMILES string of the molecule is Cc1cccc(-n2nnnc2SCc2csc(-c3ccco3)n2)c1. The lowest BCUT2D eigenvalue weighted by atomic mass is 10.2. The molecule has 0 aliphatic rings. The lowest BCUT2D eigenvalue weighted by Crippen LogP contribution is -1.99. The Labute approximate surface area is 146 Å². The first-order valence-electron chi connectivity index (χ1n) is 7.26. The Bertz CT molecular complexity index is 945. The van der Waals surface area contributed by atoms with Crippen LogP contribution in [0.1, 0.15) is 11.3 Å². The van der Waals surface area contributed by atoms with Crippen molar-refractivity contribution in [2.45, 2.75) is 17.8 Å². The minimum absolute atomic E-state index is 0.698. The van der Waals surface area contributed by atoms with Gasteiger partial charge in [-0.15, -0.1) is 16.4 Å². The first-order chi connectivity index (χ1) is 11.8. The van der Waals surface area contributed by atoms with Crippen LogP contribution in [0.25, 0.3) is 16.5 Å². The van der Waals surface area contributed by atoms with Crippen LogP contribution in [0, 0.1) is 6.92 Å². The van der Waals surface area contributed by atoms with Crippen molar-refractivity contribution < 1.29 is 4.42 Å². The van der Waals surface area contributed by atoms with Crippen molar-refractivity contribution in [1.29, 1.82) is 0 Å². The molecule has 0 fully saturated rings. The molecule has 8 heteroatoms. The maximum Gasteiger partial charge on any atom is 0.214 e. The number of nitrogens with zero attached hydrogens (tertiary/aromatic N) is 5. The van der Waals surface area contributed by atoms with E-state index in [2.05, 4.69) is 26.6 Å². The molecule has 0 N–H and O–H groups in total. The highest BCUT2D eigenvalue weighted by molar-refractivity contribution is 7.98. The van der Waals surface area contributed by atoms with E-state index >= 15 is 0 Å². The number of tetrazole rings is 1. The summed E-state index contributed by atoms with van der Waals surface area (Å²) in [6.45, 7) is 2.05. The molecule has 3 heterocycles. The zero-order valence-corrected chi connectivity index (χ0v) is 14.4. The van der Waals surface area contributed by atoms with E-state index in [0.29, 0.717) is 5.75 Å². The van der Waals surface area contributed by atoms with Crippen molar-refractivity contribution in [3.63, 3.8) is 0 Å². The normalized spacial score (nSPS) is 11.0. The zero-order chi connectivity index (χ0) is 16.4. The van der Waals surface area contributed by atoms with E-state index in [1.807, 2.05) is 42.6 Å². The molecule has 0 amide bonds. The van der Waals surface area contributed by atoms with E-state index in [1.165, 1.54) is 5.56 Å². The summed E-state index contributed by atoms with van der Waals surface area (Å²) in [7, 11) is 0. The van der Waals surface area contributed by atoms with Gasteiger partial charge in [-0.1, -0.05) is 23.9 Å². The van der Waals surface area contributed by atoms with Gasteiger partial charge in [0.05, 0.1) is 17.6 Å². The van der Waals surface area contributed by atoms with Crippen LogP contribution in [-0.4, -0.2) is 25.2 Å². The van der Waals surface area contributed by atoms with Gasteiger partial charge >= 0.3 is 0 Å². The number of rotatable bonds is 5. The molecule has 0 aliphatic carbocycles. The number of aromatic nitrogens is 5. The van der Waals surface area contributed by atoms with Crippen molar-refractivity contribution in [3.8, 4) is 16.5 Å². The van der Waals surface area contributed by atoms with Crippen LogP contribution in [-0.2, 0) is 5.75 Å². The van der Waals surface area contributed by atoms with E-state index in [1.54, 1.807) is 34.0 Å². The van der Waals surface area contributed by atoms with Crippen LogP contribution >= 0.6 is 23.1 Å². The predicted molar refractivity (Wildman–Crippen MR) is 93.3 cm³/mol. The number of aryl methyl sites for hydroxylation is 1. The topological polar surface area (TPSA) is 69.6 Å². The largest absolute Gasteiger partial charge is 0.462 e. The average Bonchev–Trinajstić information content (AvgIpc) is 3.33. The van der Waals surface area contributed by atoms with Gasteiger partial charge in [0.25, 0.3) is 0 Å². The highest BCUT2D eigenvalue weighted by Crippen LogP contribution is 2.28. The standard InChI is InChI=1S/C16H13N5OS2/c1-11-4-2-5-13(8-11)21-16(18-19-20-21)24-10-12-9-23-15(17-12)14-6-3-7-22-14/h2-9H,10H2,1H3. The Balaban J connectivity index is 1.50. The molecule has 120 valence electrons. The molecule has 1 aromatic carbocycles. The van der Waals surface area contributed by atoms with E-state index < -0.39 is 0 Å².